The molecule has 0 spiro atoms. The molecule has 0 bridgehead atoms. The Balaban J connectivity index is 1.67. The minimum atomic E-state index is 0.0200. The molecule has 0 amide bonds. The van der Waals surface area contributed by atoms with E-state index in [2.05, 4.69) is 11.8 Å². The molecule has 2 aliphatic rings. The van der Waals surface area contributed by atoms with E-state index < -0.39 is 0 Å². The van der Waals surface area contributed by atoms with E-state index >= 15 is 0 Å². The summed E-state index contributed by atoms with van der Waals surface area (Å²) in [7, 11) is 4.08. The second kappa shape index (κ2) is 7.44. The number of ether oxygens (including phenoxy) is 1. The summed E-state index contributed by atoms with van der Waals surface area (Å²) < 4.78 is 5.75. The van der Waals surface area contributed by atoms with Crippen LogP contribution in [0.5, 0.6) is 0 Å². The van der Waals surface area contributed by atoms with Gasteiger partial charge in [0.25, 0.3) is 0 Å². The Morgan fingerprint density at radius 2 is 2.00 bits per heavy atom. The molecule has 2 aliphatic carbocycles. The number of hydrogen-bond donors (Lipinski definition) is 0. The molecule has 0 heterocycles. The van der Waals surface area contributed by atoms with E-state index in [1.54, 1.807) is 0 Å². The maximum Gasteiger partial charge on any atom is 0.306 e. The molecular weight excluding hydrogens is 250 g/mol. The Labute approximate surface area is 124 Å². The number of esters is 1. The second-order valence-corrected chi connectivity index (χ2v) is 7.03. The van der Waals surface area contributed by atoms with Crippen molar-refractivity contribution >= 4 is 5.97 Å². The molecule has 116 valence electrons. The van der Waals surface area contributed by atoms with E-state index in [0.29, 0.717) is 12.3 Å². The zero-order chi connectivity index (χ0) is 14.5. The van der Waals surface area contributed by atoms with Crippen molar-refractivity contribution in [1.29, 1.82) is 0 Å². The largest absolute Gasteiger partial charge is 0.462 e. The minimum absolute atomic E-state index is 0.0200. The predicted octanol–water partition coefficient (Wildman–Crippen LogP) is 3.48. The molecule has 4 unspecified atom stereocenters. The molecule has 2 saturated carbocycles. The van der Waals surface area contributed by atoms with Crippen molar-refractivity contribution in [1.82, 2.24) is 4.90 Å². The van der Waals surface area contributed by atoms with Gasteiger partial charge in [0.1, 0.15) is 6.10 Å². The number of nitrogens with zero attached hydrogens (tertiary/aromatic N) is 1. The van der Waals surface area contributed by atoms with E-state index in [1.807, 2.05) is 14.1 Å². The molecule has 3 heteroatoms. The van der Waals surface area contributed by atoms with Gasteiger partial charge >= 0.3 is 5.97 Å². The Hall–Kier alpha value is -0.570. The van der Waals surface area contributed by atoms with Crippen LogP contribution in [-0.2, 0) is 9.53 Å². The van der Waals surface area contributed by atoms with Gasteiger partial charge in [-0.3, -0.25) is 4.79 Å². The Bertz CT molecular complexity index is 316. The first-order chi connectivity index (χ1) is 9.60. The third-order valence-corrected chi connectivity index (χ3v) is 5.06. The number of hydrogen-bond acceptors (Lipinski definition) is 3. The molecule has 0 aromatic rings. The standard InChI is InChI=1S/C17H31NO2/c1-4-13-11-15(13)12-14-7-5-8-16(14)20-17(19)9-6-10-18(2)3/h13-16H,4-12H2,1-3H3. The monoisotopic (exact) mass is 281 g/mol. The van der Waals surface area contributed by atoms with Gasteiger partial charge in [-0.05, 0) is 76.9 Å². The first kappa shape index (κ1) is 15.8. The van der Waals surface area contributed by atoms with Gasteiger partial charge in [-0.1, -0.05) is 13.3 Å². The van der Waals surface area contributed by atoms with Crippen LogP contribution in [0.3, 0.4) is 0 Å². The molecule has 0 aromatic heterocycles. The van der Waals surface area contributed by atoms with Gasteiger partial charge < -0.3 is 9.64 Å². The summed E-state index contributed by atoms with van der Waals surface area (Å²) in [5.41, 5.74) is 0. The van der Waals surface area contributed by atoms with Crippen LogP contribution in [0, 0.1) is 17.8 Å². The molecule has 0 saturated heterocycles. The van der Waals surface area contributed by atoms with Crippen molar-refractivity contribution in [2.24, 2.45) is 17.8 Å². The molecule has 20 heavy (non-hydrogen) atoms. The molecule has 0 aromatic carbocycles. The zero-order valence-corrected chi connectivity index (χ0v) is 13.4. The molecule has 3 nitrogen and oxygen atoms in total. The van der Waals surface area contributed by atoms with Crippen molar-refractivity contribution in [2.45, 2.75) is 64.4 Å². The minimum Gasteiger partial charge on any atom is -0.462 e. The van der Waals surface area contributed by atoms with E-state index in [-0.39, 0.29) is 12.1 Å². The van der Waals surface area contributed by atoms with Crippen molar-refractivity contribution in [3.8, 4) is 0 Å². The fourth-order valence-electron chi connectivity index (χ4n) is 3.68. The predicted molar refractivity (Wildman–Crippen MR) is 81.5 cm³/mol. The van der Waals surface area contributed by atoms with Crippen molar-refractivity contribution in [2.75, 3.05) is 20.6 Å². The number of rotatable bonds is 8. The van der Waals surface area contributed by atoms with Gasteiger partial charge in [-0.25, -0.2) is 0 Å². The average molecular weight is 281 g/mol. The number of carbonyl (C=O) groups is 1. The van der Waals surface area contributed by atoms with Crippen molar-refractivity contribution in [3.63, 3.8) is 0 Å². The highest BCUT2D eigenvalue weighted by molar-refractivity contribution is 5.69. The van der Waals surface area contributed by atoms with Crippen LogP contribution in [0.2, 0.25) is 0 Å². The summed E-state index contributed by atoms with van der Waals surface area (Å²) in [6.07, 6.45) is 9.34. The Morgan fingerprint density at radius 1 is 1.20 bits per heavy atom. The molecule has 2 rings (SSSR count). The van der Waals surface area contributed by atoms with Gasteiger partial charge in [0.2, 0.25) is 0 Å². The summed E-state index contributed by atoms with van der Waals surface area (Å²) >= 11 is 0. The molecule has 2 fully saturated rings. The van der Waals surface area contributed by atoms with Gasteiger partial charge in [0.05, 0.1) is 0 Å². The highest BCUT2D eigenvalue weighted by Gasteiger charge is 2.40. The van der Waals surface area contributed by atoms with Crippen LogP contribution in [0.25, 0.3) is 0 Å². The van der Waals surface area contributed by atoms with Crippen molar-refractivity contribution in [3.05, 3.63) is 0 Å². The molecule has 4 atom stereocenters. The van der Waals surface area contributed by atoms with Gasteiger partial charge in [-0.15, -0.1) is 0 Å². The highest BCUT2D eigenvalue weighted by Crippen LogP contribution is 2.48. The normalized spacial score (nSPS) is 32.6. The van der Waals surface area contributed by atoms with Crippen LogP contribution in [-0.4, -0.2) is 37.6 Å². The van der Waals surface area contributed by atoms with Gasteiger partial charge in [0, 0.05) is 6.42 Å². The van der Waals surface area contributed by atoms with E-state index in [9.17, 15) is 4.79 Å². The second-order valence-electron chi connectivity index (χ2n) is 7.03. The maximum atomic E-state index is 11.9. The third kappa shape index (κ3) is 4.76. The van der Waals surface area contributed by atoms with Gasteiger partial charge in [-0.2, -0.15) is 0 Å². The van der Waals surface area contributed by atoms with Crippen molar-refractivity contribution < 1.29 is 9.53 Å². The van der Waals surface area contributed by atoms with Crippen LogP contribution in [0.1, 0.15) is 58.3 Å². The summed E-state index contributed by atoms with van der Waals surface area (Å²) in [4.78, 5) is 14.0. The Kier molecular flexibility index (Phi) is 5.88. The molecule has 0 N–H and O–H groups in total. The van der Waals surface area contributed by atoms with Crippen LogP contribution >= 0.6 is 0 Å². The first-order valence-corrected chi connectivity index (χ1v) is 8.44. The molecular formula is C17H31NO2. The van der Waals surface area contributed by atoms with E-state index in [0.717, 1.165) is 31.2 Å². The average Bonchev–Trinajstić information content (AvgIpc) is 3.01. The first-order valence-electron chi connectivity index (χ1n) is 8.44. The fourth-order valence-corrected chi connectivity index (χ4v) is 3.68. The molecule has 0 radical (unpaired) electrons. The van der Waals surface area contributed by atoms with Crippen LogP contribution in [0.15, 0.2) is 0 Å². The summed E-state index contributed by atoms with van der Waals surface area (Å²) in [5.74, 6) is 2.56. The van der Waals surface area contributed by atoms with Crippen LogP contribution < -0.4 is 0 Å². The summed E-state index contributed by atoms with van der Waals surface area (Å²) in [6.45, 7) is 3.25. The fraction of sp³-hybridized carbons (Fsp3) is 0.941. The SMILES string of the molecule is CCC1CC1CC1CCCC1OC(=O)CCCN(C)C. The van der Waals surface area contributed by atoms with E-state index in [1.165, 1.54) is 32.1 Å². The summed E-state index contributed by atoms with van der Waals surface area (Å²) in [6, 6.07) is 0. The molecule has 0 aliphatic heterocycles. The topological polar surface area (TPSA) is 29.5 Å². The summed E-state index contributed by atoms with van der Waals surface area (Å²) in [5, 5.41) is 0. The lowest BCUT2D eigenvalue weighted by Gasteiger charge is -2.20. The lowest BCUT2D eigenvalue weighted by molar-refractivity contribution is -0.151. The smallest absolute Gasteiger partial charge is 0.306 e. The lowest BCUT2D eigenvalue weighted by atomic mass is 9.97. The maximum absolute atomic E-state index is 11.9. The lowest BCUT2D eigenvalue weighted by Crippen LogP contribution is -2.23. The highest BCUT2D eigenvalue weighted by atomic mass is 16.5. The third-order valence-electron chi connectivity index (χ3n) is 5.06. The quantitative estimate of drug-likeness (QED) is 0.638. The van der Waals surface area contributed by atoms with Gasteiger partial charge in [0.15, 0.2) is 0 Å². The zero-order valence-electron chi connectivity index (χ0n) is 13.4. The van der Waals surface area contributed by atoms with Crippen LogP contribution in [0.4, 0.5) is 0 Å². The van der Waals surface area contributed by atoms with E-state index in [4.69, 9.17) is 4.74 Å². The number of carbonyl (C=O) groups excluding carboxylic acids is 1. The Morgan fingerprint density at radius 3 is 2.65 bits per heavy atom.